The zero-order chi connectivity index (χ0) is 15.5. The summed E-state index contributed by atoms with van der Waals surface area (Å²) in [5.74, 6) is 0.00790. The molecule has 4 heteroatoms. The fourth-order valence-electron chi connectivity index (χ4n) is 2.13. The molecule has 0 N–H and O–H groups in total. The van der Waals surface area contributed by atoms with E-state index >= 15 is 0 Å². The number of hydrogen-bond donors (Lipinski definition) is 0. The van der Waals surface area contributed by atoms with E-state index in [4.69, 9.17) is 10.00 Å². The lowest BCUT2D eigenvalue weighted by Crippen LogP contribution is -2.08. The van der Waals surface area contributed by atoms with Gasteiger partial charge in [-0.1, -0.05) is 30.3 Å². The molecule has 0 bridgehead atoms. The first-order valence-electron chi connectivity index (χ1n) is 6.58. The van der Waals surface area contributed by atoms with Gasteiger partial charge in [0, 0.05) is 0 Å². The Labute approximate surface area is 135 Å². The van der Waals surface area contributed by atoms with Crippen molar-refractivity contribution < 1.29 is 9.53 Å². The molecular formula is C18H10BrNO2. The first-order chi connectivity index (χ1) is 10.7. The summed E-state index contributed by atoms with van der Waals surface area (Å²) >= 11 is 3.49. The fraction of sp³-hybridized carbons (Fsp3) is 0. The first kappa shape index (κ1) is 14.3. The minimum absolute atomic E-state index is 0.402. The normalized spacial score (nSPS) is 10.2. The van der Waals surface area contributed by atoms with Crippen LogP contribution in [-0.2, 0) is 0 Å². The van der Waals surface area contributed by atoms with E-state index in [0.717, 1.165) is 15.2 Å². The molecule has 0 aliphatic rings. The number of hydrogen-bond acceptors (Lipinski definition) is 3. The minimum Gasteiger partial charge on any atom is -0.422 e. The predicted octanol–water partition coefficient (Wildman–Crippen LogP) is 4.69. The summed E-state index contributed by atoms with van der Waals surface area (Å²) in [6.07, 6.45) is 0. The van der Waals surface area contributed by atoms with Gasteiger partial charge in [0.2, 0.25) is 0 Å². The van der Waals surface area contributed by atoms with E-state index in [9.17, 15) is 4.79 Å². The Bertz CT molecular complexity index is 895. The van der Waals surface area contributed by atoms with Gasteiger partial charge in [-0.25, -0.2) is 4.79 Å². The molecule has 3 aromatic rings. The maximum atomic E-state index is 12.2. The van der Waals surface area contributed by atoms with E-state index in [-0.39, 0.29) is 0 Å². The van der Waals surface area contributed by atoms with Crippen LogP contribution in [0.2, 0.25) is 0 Å². The largest absolute Gasteiger partial charge is 0.422 e. The van der Waals surface area contributed by atoms with Gasteiger partial charge < -0.3 is 4.74 Å². The zero-order valence-electron chi connectivity index (χ0n) is 11.4. The minimum atomic E-state index is -0.458. The van der Waals surface area contributed by atoms with Crippen LogP contribution in [0.1, 0.15) is 15.9 Å². The summed E-state index contributed by atoms with van der Waals surface area (Å²) in [5, 5.41) is 10.8. The molecule has 22 heavy (non-hydrogen) atoms. The third-order valence-electron chi connectivity index (χ3n) is 3.28. The van der Waals surface area contributed by atoms with Crippen molar-refractivity contribution in [2.45, 2.75) is 0 Å². The second-order valence-corrected chi connectivity index (χ2v) is 5.47. The van der Waals surface area contributed by atoms with Gasteiger partial charge in [-0.2, -0.15) is 5.26 Å². The van der Waals surface area contributed by atoms with Gasteiger partial charge in [-0.3, -0.25) is 0 Å². The number of ether oxygens (including phenoxy) is 1. The Kier molecular flexibility index (Phi) is 3.90. The number of fused-ring (bicyclic) bond motifs is 1. The molecule has 0 aromatic heterocycles. The van der Waals surface area contributed by atoms with Crippen LogP contribution >= 0.6 is 15.9 Å². The molecule has 0 aliphatic heterocycles. The highest BCUT2D eigenvalue weighted by atomic mass is 79.9. The highest BCUT2D eigenvalue weighted by molar-refractivity contribution is 9.10. The van der Waals surface area contributed by atoms with E-state index < -0.39 is 5.97 Å². The molecule has 0 saturated carbocycles. The molecule has 0 amide bonds. The third-order valence-corrected chi connectivity index (χ3v) is 4.10. The monoisotopic (exact) mass is 351 g/mol. The van der Waals surface area contributed by atoms with Gasteiger partial charge >= 0.3 is 5.97 Å². The van der Waals surface area contributed by atoms with E-state index in [1.54, 1.807) is 30.3 Å². The Morgan fingerprint density at radius 2 is 1.73 bits per heavy atom. The van der Waals surface area contributed by atoms with Gasteiger partial charge in [-0.15, -0.1) is 0 Å². The van der Waals surface area contributed by atoms with Crippen LogP contribution < -0.4 is 4.74 Å². The SMILES string of the molecule is N#Cc1ccc(C(=O)Oc2ccc3ccccc3c2Br)cc1. The number of esters is 1. The number of rotatable bonds is 2. The zero-order valence-corrected chi connectivity index (χ0v) is 13.0. The number of nitrogens with zero attached hydrogens (tertiary/aromatic N) is 1. The summed E-state index contributed by atoms with van der Waals surface area (Å²) in [6.45, 7) is 0. The summed E-state index contributed by atoms with van der Waals surface area (Å²) in [4.78, 5) is 12.2. The number of carbonyl (C=O) groups excluding carboxylic acids is 1. The highest BCUT2D eigenvalue weighted by Gasteiger charge is 2.12. The van der Waals surface area contributed by atoms with E-state index in [1.807, 2.05) is 36.4 Å². The Morgan fingerprint density at radius 3 is 2.45 bits per heavy atom. The van der Waals surface area contributed by atoms with Crippen LogP contribution in [0.5, 0.6) is 5.75 Å². The van der Waals surface area contributed by atoms with Crippen molar-refractivity contribution in [1.82, 2.24) is 0 Å². The molecule has 106 valence electrons. The van der Waals surface area contributed by atoms with Gasteiger partial charge in [-0.05, 0) is 57.0 Å². The lowest BCUT2D eigenvalue weighted by molar-refractivity contribution is 0.0734. The highest BCUT2D eigenvalue weighted by Crippen LogP contribution is 2.33. The molecular weight excluding hydrogens is 342 g/mol. The molecule has 3 rings (SSSR count). The quantitative estimate of drug-likeness (QED) is 0.496. The number of halogens is 1. The van der Waals surface area contributed by atoms with Crippen LogP contribution in [0.15, 0.2) is 65.1 Å². The summed E-state index contributed by atoms with van der Waals surface area (Å²) in [5.41, 5.74) is 0.905. The predicted molar refractivity (Wildman–Crippen MR) is 87.8 cm³/mol. The second kappa shape index (κ2) is 6.00. The molecule has 0 atom stereocenters. The molecule has 0 radical (unpaired) electrons. The molecule has 0 aliphatic carbocycles. The molecule has 3 nitrogen and oxygen atoms in total. The standard InChI is InChI=1S/C18H10BrNO2/c19-17-15-4-2-1-3-13(15)9-10-16(17)22-18(21)14-7-5-12(11-20)6-8-14/h1-10H. The number of carbonyl (C=O) groups is 1. The Balaban J connectivity index is 1.90. The van der Waals surface area contributed by atoms with Crippen LogP contribution in [0.4, 0.5) is 0 Å². The first-order valence-corrected chi connectivity index (χ1v) is 7.38. The van der Waals surface area contributed by atoms with Crippen LogP contribution in [-0.4, -0.2) is 5.97 Å². The smallest absolute Gasteiger partial charge is 0.343 e. The number of benzene rings is 3. The average Bonchev–Trinajstić information content (AvgIpc) is 2.57. The summed E-state index contributed by atoms with van der Waals surface area (Å²) in [7, 11) is 0. The van der Waals surface area contributed by atoms with Gasteiger partial charge in [0.1, 0.15) is 5.75 Å². The topological polar surface area (TPSA) is 50.1 Å². The molecule has 0 spiro atoms. The van der Waals surface area contributed by atoms with Crippen molar-refractivity contribution in [3.8, 4) is 11.8 Å². The van der Waals surface area contributed by atoms with E-state index in [2.05, 4.69) is 15.9 Å². The van der Waals surface area contributed by atoms with Crippen molar-refractivity contribution in [1.29, 1.82) is 5.26 Å². The lowest BCUT2D eigenvalue weighted by atomic mass is 10.1. The van der Waals surface area contributed by atoms with Crippen LogP contribution in [0.25, 0.3) is 10.8 Å². The third kappa shape index (κ3) is 2.72. The summed E-state index contributed by atoms with van der Waals surface area (Å²) < 4.78 is 6.19. The van der Waals surface area contributed by atoms with Gasteiger partial charge in [0.25, 0.3) is 0 Å². The van der Waals surface area contributed by atoms with E-state index in [1.165, 1.54) is 0 Å². The maximum absolute atomic E-state index is 12.2. The molecule has 3 aromatic carbocycles. The number of nitriles is 1. The Hall–Kier alpha value is -2.64. The van der Waals surface area contributed by atoms with Gasteiger partial charge in [0.15, 0.2) is 0 Å². The van der Waals surface area contributed by atoms with Crippen LogP contribution in [0.3, 0.4) is 0 Å². The maximum Gasteiger partial charge on any atom is 0.343 e. The van der Waals surface area contributed by atoms with Gasteiger partial charge in [0.05, 0.1) is 21.7 Å². The second-order valence-electron chi connectivity index (χ2n) is 4.68. The van der Waals surface area contributed by atoms with Crippen molar-refractivity contribution in [2.24, 2.45) is 0 Å². The molecule has 0 saturated heterocycles. The fourth-order valence-corrected chi connectivity index (χ4v) is 2.71. The molecule has 0 unspecified atom stereocenters. The van der Waals surface area contributed by atoms with Crippen molar-refractivity contribution in [3.05, 3.63) is 76.3 Å². The van der Waals surface area contributed by atoms with Crippen molar-refractivity contribution in [2.75, 3.05) is 0 Å². The molecule has 0 heterocycles. The lowest BCUT2D eigenvalue weighted by Gasteiger charge is -2.09. The van der Waals surface area contributed by atoms with Crippen molar-refractivity contribution in [3.63, 3.8) is 0 Å². The van der Waals surface area contributed by atoms with E-state index in [0.29, 0.717) is 16.9 Å². The molecule has 0 fully saturated rings. The summed E-state index contributed by atoms with van der Waals surface area (Å²) in [6, 6.07) is 19.8. The van der Waals surface area contributed by atoms with Crippen molar-refractivity contribution >= 4 is 32.7 Å². The van der Waals surface area contributed by atoms with Crippen LogP contribution in [0, 0.1) is 11.3 Å². The average molecular weight is 352 g/mol. The Morgan fingerprint density at radius 1 is 1.00 bits per heavy atom.